The summed E-state index contributed by atoms with van der Waals surface area (Å²) in [5, 5.41) is 8.54. The van der Waals surface area contributed by atoms with Crippen molar-refractivity contribution >= 4 is 5.97 Å². The number of halogens is 2. The summed E-state index contributed by atoms with van der Waals surface area (Å²) in [5.74, 6) is -3.89. The van der Waals surface area contributed by atoms with E-state index in [1.807, 2.05) is 0 Å². The van der Waals surface area contributed by atoms with Gasteiger partial charge in [-0.3, -0.25) is 4.90 Å². The zero-order chi connectivity index (χ0) is 15.3. The minimum Gasteiger partial charge on any atom is -0.480 e. The molecule has 0 aromatic heterocycles. The molecule has 0 unspecified atom stereocenters. The normalized spacial score (nSPS) is 17.8. The van der Waals surface area contributed by atoms with Gasteiger partial charge in [-0.25, -0.2) is 4.79 Å². The van der Waals surface area contributed by atoms with Crippen LogP contribution in [0.5, 0.6) is 0 Å². The Bertz CT molecular complexity index is 459. The Hall–Kier alpha value is -1.53. The quantitative estimate of drug-likeness (QED) is 0.876. The Morgan fingerprint density at radius 2 is 1.90 bits per heavy atom. The van der Waals surface area contributed by atoms with Gasteiger partial charge >= 0.3 is 5.97 Å². The van der Waals surface area contributed by atoms with Gasteiger partial charge in [0.05, 0.1) is 12.6 Å². The number of nitrogens with zero attached hydrogens (tertiary/aromatic N) is 1. The molecular formula is C15H19F2NO3. The van der Waals surface area contributed by atoms with E-state index in [-0.39, 0.29) is 24.8 Å². The first-order valence-corrected chi connectivity index (χ1v) is 6.96. The van der Waals surface area contributed by atoms with Crippen molar-refractivity contribution in [3.8, 4) is 0 Å². The van der Waals surface area contributed by atoms with Gasteiger partial charge in [-0.05, 0) is 12.8 Å². The van der Waals surface area contributed by atoms with E-state index in [1.165, 1.54) is 12.1 Å². The van der Waals surface area contributed by atoms with E-state index in [0.29, 0.717) is 25.9 Å². The number of hydrogen-bond donors (Lipinski definition) is 1. The Labute approximate surface area is 122 Å². The lowest BCUT2D eigenvalue weighted by Gasteiger charge is -2.33. The molecule has 0 amide bonds. The fourth-order valence-corrected chi connectivity index (χ4v) is 2.48. The van der Waals surface area contributed by atoms with Crippen molar-refractivity contribution in [2.75, 3.05) is 26.2 Å². The second-order valence-electron chi connectivity index (χ2n) is 5.25. The van der Waals surface area contributed by atoms with Crippen LogP contribution in [0.3, 0.4) is 0 Å². The van der Waals surface area contributed by atoms with Crippen molar-refractivity contribution in [3.63, 3.8) is 0 Å². The monoisotopic (exact) mass is 299 g/mol. The van der Waals surface area contributed by atoms with E-state index in [9.17, 15) is 13.6 Å². The van der Waals surface area contributed by atoms with Gasteiger partial charge in [-0.1, -0.05) is 30.3 Å². The molecule has 0 spiro atoms. The van der Waals surface area contributed by atoms with E-state index in [0.717, 1.165) is 0 Å². The van der Waals surface area contributed by atoms with Crippen LogP contribution in [0.15, 0.2) is 30.3 Å². The maximum atomic E-state index is 14.1. The van der Waals surface area contributed by atoms with Gasteiger partial charge in [0, 0.05) is 18.7 Å². The molecular weight excluding hydrogens is 280 g/mol. The third-order valence-electron chi connectivity index (χ3n) is 3.60. The number of rotatable bonds is 6. The number of carbonyl (C=O) groups is 1. The summed E-state index contributed by atoms with van der Waals surface area (Å²) in [7, 11) is 0. The van der Waals surface area contributed by atoms with E-state index in [4.69, 9.17) is 9.84 Å². The largest absolute Gasteiger partial charge is 0.480 e. The number of piperidine rings is 1. The van der Waals surface area contributed by atoms with Crippen molar-refractivity contribution in [1.29, 1.82) is 0 Å². The highest BCUT2D eigenvalue weighted by Crippen LogP contribution is 2.30. The molecule has 2 rings (SSSR count). The predicted octanol–water partition coefficient (Wildman–Crippen LogP) is 2.34. The molecule has 0 bridgehead atoms. The molecule has 6 heteroatoms. The molecule has 0 saturated carbocycles. The summed E-state index contributed by atoms with van der Waals surface area (Å²) in [4.78, 5) is 12.1. The molecule has 21 heavy (non-hydrogen) atoms. The number of likely N-dealkylation sites (tertiary alicyclic amines) is 1. The van der Waals surface area contributed by atoms with Crippen LogP contribution in [0.4, 0.5) is 8.78 Å². The van der Waals surface area contributed by atoms with Gasteiger partial charge in [0.15, 0.2) is 0 Å². The number of benzene rings is 1. The molecule has 1 saturated heterocycles. The minimum atomic E-state index is -2.88. The highest BCUT2D eigenvalue weighted by molar-refractivity contribution is 5.68. The molecule has 0 atom stereocenters. The molecule has 1 heterocycles. The van der Waals surface area contributed by atoms with Gasteiger partial charge in [-0.15, -0.1) is 0 Å². The number of aliphatic carboxylic acids is 1. The third kappa shape index (κ3) is 4.75. The Morgan fingerprint density at radius 3 is 2.48 bits per heavy atom. The fourth-order valence-electron chi connectivity index (χ4n) is 2.48. The second kappa shape index (κ2) is 6.95. The van der Waals surface area contributed by atoms with Crippen LogP contribution in [-0.2, 0) is 15.5 Å². The first-order chi connectivity index (χ1) is 9.97. The van der Waals surface area contributed by atoms with Crippen molar-refractivity contribution in [2.45, 2.75) is 24.9 Å². The molecule has 0 radical (unpaired) electrons. The molecule has 1 N–H and O–H groups in total. The standard InChI is InChI=1S/C15H19F2NO3/c16-15(17,12-4-2-1-3-5-12)11-18-8-6-13(7-9-18)21-10-14(19)20/h1-5,13H,6-11H2,(H,19,20). The van der Waals surface area contributed by atoms with Gasteiger partial charge in [-0.2, -0.15) is 8.78 Å². The van der Waals surface area contributed by atoms with Crippen molar-refractivity contribution in [3.05, 3.63) is 35.9 Å². The SMILES string of the molecule is O=C(O)COC1CCN(CC(F)(F)c2ccccc2)CC1. The summed E-state index contributed by atoms with van der Waals surface area (Å²) in [6, 6.07) is 7.79. The van der Waals surface area contributed by atoms with E-state index >= 15 is 0 Å². The smallest absolute Gasteiger partial charge is 0.329 e. The van der Waals surface area contributed by atoms with Gasteiger partial charge in [0.25, 0.3) is 5.92 Å². The van der Waals surface area contributed by atoms with E-state index in [2.05, 4.69) is 0 Å². The van der Waals surface area contributed by atoms with E-state index in [1.54, 1.807) is 23.1 Å². The summed E-state index contributed by atoms with van der Waals surface area (Å²) in [6.45, 7) is 0.340. The molecule has 116 valence electrons. The number of alkyl halides is 2. The van der Waals surface area contributed by atoms with Gasteiger partial charge < -0.3 is 9.84 Å². The second-order valence-corrected chi connectivity index (χ2v) is 5.25. The number of carboxylic acid groups (broad SMARTS) is 1. The molecule has 1 fully saturated rings. The minimum absolute atomic E-state index is 0.0225. The van der Waals surface area contributed by atoms with E-state index < -0.39 is 11.9 Å². The first-order valence-electron chi connectivity index (χ1n) is 6.96. The Morgan fingerprint density at radius 1 is 1.29 bits per heavy atom. The molecule has 1 aromatic carbocycles. The lowest BCUT2D eigenvalue weighted by atomic mass is 10.0. The lowest BCUT2D eigenvalue weighted by Crippen LogP contribution is -2.42. The van der Waals surface area contributed by atoms with Crippen LogP contribution in [0.2, 0.25) is 0 Å². The number of carboxylic acids is 1. The lowest BCUT2D eigenvalue weighted by molar-refractivity contribution is -0.145. The highest BCUT2D eigenvalue weighted by atomic mass is 19.3. The molecule has 4 nitrogen and oxygen atoms in total. The summed E-state index contributed by atoms with van der Waals surface area (Å²) in [5.41, 5.74) is 0.0225. The topological polar surface area (TPSA) is 49.8 Å². The predicted molar refractivity (Wildman–Crippen MR) is 73.4 cm³/mol. The number of ether oxygens (including phenoxy) is 1. The number of hydrogen-bond acceptors (Lipinski definition) is 3. The van der Waals surface area contributed by atoms with Crippen LogP contribution < -0.4 is 0 Å². The third-order valence-corrected chi connectivity index (χ3v) is 3.60. The van der Waals surface area contributed by atoms with Crippen LogP contribution in [0.25, 0.3) is 0 Å². The van der Waals surface area contributed by atoms with Crippen LogP contribution in [-0.4, -0.2) is 48.3 Å². The molecule has 1 aliphatic heterocycles. The zero-order valence-electron chi connectivity index (χ0n) is 11.7. The fraction of sp³-hybridized carbons (Fsp3) is 0.533. The zero-order valence-corrected chi connectivity index (χ0v) is 11.7. The molecule has 0 aliphatic carbocycles. The van der Waals surface area contributed by atoms with Crippen LogP contribution >= 0.6 is 0 Å². The summed E-state index contributed by atoms with van der Waals surface area (Å²) in [6.07, 6.45) is 1.01. The van der Waals surface area contributed by atoms with Crippen molar-refractivity contribution < 1.29 is 23.4 Å². The first kappa shape index (κ1) is 15.9. The van der Waals surface area contributed by atoms with Crippen molar-refractivity contribution in [2.24, 2.45) is 0 Å². The average molecular weight is 299 g/mol. The van der Waals surface area contributed by atoms with Crippen LogP contribution in [0.1, 0.15) is 18.4 Å². The van der Waals surface area contributed by atoms with Crippen molar-refractivity contribution in [1.82, 2.24) is 4.90 Å². The maximum absolute atomic E-state index is 14.1. The summed E-state index contributed by atoms with van der Waals surface area (Å²) < 4.78 is 33.5. The summed E-state index contributed by atoms with van der Waals surface area (Å²) >= 11 is 0. The maximum Gasteiger partial charge on any atom is 0.329 e. The van der Waals surface area contributed by atoms with Gasteiger partial charge in [0.2, 0.25) is 0 Å². The van der Waals surface area contributed by atoms with Crippen LogP contribution in [0, 0.1) is 0 Å². The highest BCUT2D eigenvalue weighted by Gasteiger charge is 2.35. The molecule has 1 aliphatic rings. The van der Waals surface area contributed by atoms with Gasteiger partial charge in [0.1, 0.15) is 6.61 Å². The Balaban J connectivity index is 1.82. The Kier molecular flexibility index (Phi) is 5.25. The molecule has 1 aromatic rings. The average Bonchev–Trinajstić information content (AvgIpc) is 2.47.